The van der Waals surface area contributed by atoms with Crippen molar-refractivity contribution in [2.75, 3.05) is 12.0 Å². The molecule has 2 rings (SSSR count). The van der Waals surface area contributed by atoms with Crippen LogP contribution in [0.3, 0.4) is 0 Å². The summed E-state index contributed by atoms with van der Waals surface area (Å²) in [6.45, 7) is 0. The highest BCUT2D eigenvalue weighted by Crippen LogP contribution is 2.14. The van der Waals surface area contributed by atoms with Gasteiger partial charge in [-0.2, -0.15) is 0 Å². The number of thiazole rings is 1. The Morgan fingerprint density at radius 3 is 2.74 bits per heavy atom. The lowest BCUT2D eigenvalue weighted by atomic mass is 10.1. The van der Waals surface area contributed by atoms with Gasteiger partial charge in [0.2, 0.25) is 0 Å². The Hall–Kier alpha value is -1.53. The van der Waals surface area contributed by atoms with Gasteiger partial charge in [-0.15, -0.1) is 11.3 Å². The molecule has 2 unspecified atom stereocenters. The molecule has 1 heterocycles. The predicted molar refractivity (Wildman–Crippen MR) is 77.7 cm³/mol. The van der Waals surface area contributed by atoms with Gasteiger partial charge in [-0.1, -0.05) is 30.3 Å². The minimum atomic E-state index is -0.992. The summed E-state index contributed by atoms with van der Waals surface area (Å²) in [4.78, 5) is 16.0. The molecule has 0 aliphatic carbocycles. The second-order valence-corrected chi connectivity index (χ2v) is 6.25. The van der Waals surface area contributed by atoms with Crippen LogP contribution in [0.15, 0.2) is 41.2 Å². The summed E-state index contributed by atoms with van der Waals surface area (Å²) in [5.74, 6) is 0.153. The predicted octanol–water partition coefficient (Wildman–Crippen LogP) is 1.99. The molecule has 1 aromatic carbocycles. The first-order valence-corrected chi connectivity index (χ1v) is 8.38. The Kier molecular flexibility index (Phi) is 4.81. The topological polar surface area (TPSA) is 59.1 Å². The molecule has 1 amide bonds. The van der Waals surface area contributed by atoms with Gasteiger partial charge in [0.25, 0.3) is 5.91 Å². The number of carbonyl (C=O) groups excluding carboxylic acids is 1. The van der Waals surface area contributed by atoms with E-state index in [1.54, 1.807) is 17.1 Å². The molecule has 19 heavy (non-hydrogen) atoms. The summed E-state index contributed by atoms with van der Waals surface area (Å²) >= 11 is 1.37. The van der Waals surface area contributed by atoms with E-state index in [0.717, 1.165) is 5.56 Å². The van der Waals surface area contributed by atoms with Crippen LogP contribution < -0.4 is 5.32 Å². The summed E-state index contributed by atoms with van der Waals surface area (Å²) in [6, 6.07) is 9.27. The number of aromatic nitrogens is 1. The van der Waals surface area contributed by atoms with Gasteiger partial charge in [0.1, 0.15) is 5.69 Å². The fraction of sp³-hybridized carbons (Fsp3) is 0.231. The number of hydrogen-bond donors (Lipinski definition) is 1. The molecule has 100 valence electrons. The first-order chi connectivity index (χ1) is 9.16. The van der Waals surface area contributed by atoms with E-state index in [4.69, 9.17) is 0 Å². The van der Waals surface area contributed by atoms with E-state index in [2.05, 4.69) is 10.3 Å². The number of amides is 1. The molecule has 0 radical (unpaired) electrons. The smallest absolute Gasteiger partial charge is 0.271 e. The van der Waals surface area contributed by atoms with Crippen molar-refractivity contribution >= 4 is 28.0 Å². The van der Waals surface area contributed by atoms with Crippen molar-refractivity contribution < 1.29 is 9.00 Å². The Labute approximate surface area is 118 Å². The highest BCUT2D eigenvalue weighted by Gasteiger charge is 2.17. The van der Waals surface area contributed by atoms with Gasteiger partial charge in [-0.25, -0.2) is 4.98 Å². The average molecular weight is 294 g/mol. The monoisotopic (exact) mass is 294 g/mol. The third kappa shape index (κ3) is 3.97. The van der Waals surface area contributed by atoms with E-state index in [0.29, 0.717) is 11.4 Å². The lowest BCUT2D eigenvalue weighted by Crippen LogP contribution is -2.32. The maximum Gasteiger partial charge on any atom is 0.271 e. The van der Waals surface area contributed by atoms with Gasteiger partial charge in [-0.05, 0) is 5.56 Å². The third-order valence-corrected chi connectivity index (χ3v) is 3.96. The Morgan fingerprint density at radius 1 is 1.42 bits per heavy atom. The largest absolute Gasteiger partial charge is 0.343 e. The Morgan fingerprint density at radius 2 is 2.16 bits per heavy atom. The molecule has 1 N–H and O–H groups in total. The zero-order valence-corrected chi connectivity index (χ0v) is 12.0. The molecular weight excluding hydrogens is 280 g/mol. The minimum absolute atomic E-state index is 0.236. The van der Waals surface area contributed by atoms with E-state index in [-0.39, 0.29) is 11.9 Å². The number of nitrogens with zero attached hydrogens (tertiary/aromatic N) is 1. The SMILES string of the molecule is CS(=O)CC(NC(=O)c1cscn1)c1ccccc1. The first kappa shape index (κ1) is 13.9. The van der Waals surface area contributed by atoms with Crippen molar-refractivity contribution in [1.82, 2.24) is 10.3 Å². The molecule has 2 aromatic rings. The Bertz CT molecular complexity index is 555. The molecule has 4 nitrogen and oxygen atoms in total. The Balaban J connectivity index is 2.15. The quantitative estimate of drug-likeness (QED) is 0.917. The van der Waals surface area contributed by atoms with Crippen LogP contribution in [-0.2, 0) is 10.8 Å². The number of rotatable bonds is 5. The lowest BCUT2D eigenvalue weighted by molar-refractivity contribution is 0.0936. The van der Waals surface area contributed by atoms with Crippen molar-refractivity contribution in [2.45, 2.75) is 6.04 Å². The highest BCUT2D eigenvalue weighted by atomic mass is 32.2. The maximum atomic E-state index is 12.0. The van der Waals surface area contributed by atoms with Crippen molar-refractivity contribution in [3.05, 3.63) is 52.5 Å². The van der Waals surface area contributed by atoms with Crippen molar-refractivity contribution in [3.8, 4) is 0 Å². The van der Waals surface area contributed by atoms with Crippen LogP contribution in [0.5, 0.6) is 0 Å². The highest BCUT2D eigenvalue weighted by molar-refractivity contribution is 7.84. The van der Waals surface area contributed by atoms with Gasteiger partial charge in [0.05, 0.1) is 11.6 Å². The fourth-order valence-corrected chi connectivity index (χ4v) is 2.98. The van der Waals surface area contributed by atoms with Gasteiger partial charge < -0.3 is 5.32 Å². The van der Waals surface area contributed by atoms with Crippen molar-refractivity contribution in [2.24, 2.45) is 0 Å². The molecule has 0 saturated carbocycles. The van der Waals surface area contributed by atoms with E-state index in [9.17, 15) is 9.00 Å². The summed E-state index contributed by atoms with van der Waals surface area (Å²) in [7, 11) is -0.992. The van der Waals surface area contributed by atoms with Crippen LogP contribution in [0.25, 0.3) is 0 Å². The minimum Gasteiger partial charge on any atom is -0.343 e. The zero-order valence-electron chi connectivity index (χ0n) is 10.4. The van der Waals surface area contributed by atoms with Crippen molar-refractivity contribution in [3.63, 3.8) is 0 Å². The van der Waals surface area contributed by atoms with Gasteiger partial charge in [0, 0.05) is 28.2 Å². The van der Waals surface area contributed by atoms with Crippen LogP contribution in [0.2, 0.25) is 0 Å². The van der Waals surface area contributed by atoms with Gasteiger partial charge in [0.15, 0.2) is 0 Å². The number of nitrogens with one attached hydrogen (secondary N) is 1. The molecule has 6 heteroatoms. The normalized spacial score (nSPS) is 13.7. The van der Waals surface area contributed by atoms with E-state index in [1.165, 1.54) is 11.3 Å². The van der Waals surface area contributed by atoms with Crippen LogP contribution in [0, 0.1) is 0 Å². The molecular formula is C13H14N2O2S2. The molecule has 0 bridgehead atoms. The van der Waals surface area contributed by atoms with Crippen LogP contribution in [-0.4, -0.2) is 27.1 Å². The second kappa shape index (κ2) is 6.58. The second-order valence-electron chi connectivity index (χ2n) is 4.05. The van der Waals surface area contributed by atoms with Crippen LogP contribution in [0.4, 0.5) is 0 Å². The van der Waals surface area contributed by atoms with Crippen molar-refractivity contribution in [1.29, 1.82) is 0 Å². The van der Waals surface area contributed by atoms with Crippen LogP contribution >= 0.6 is 11.3 Å². The lowest BCUT2D eigenvalue weighted by Gasteiger charge is -2.17. The van der Waals surface area contributed by atoms with E-state index >= 15 is 0 Å². The summed E-state index contributed by atoms with van der Waals surface area (Å²) < 4.78 is 11.4. The standard InChI is InChI=1S/C13H14N2O2S2/c1-19(17)8-12(10-5-3-2-4-6-10)15-13(16)11-7-18-9-14-11/h2-7,9,12H,8H2,1H3,(H,15,16). The summed E-state index contributed by atoms with van der Waals surface area (Å²) in [6.07, 6.45) is 1.63. The number of hydrogen-bond acceptors (Lipinski definition) is 4. The molecule has 0 saturated heterocycles. The average Bonchev–Trinajstić information content (AvgIpc) is 2.92. The van der Waals surface area contributed by atoms with E-state index in [1.807, 2.05) is 30.3 Å². The number of benzene rings is 1. The molecule has 0 fully saturated rings. The van der Waals surface area contributed by atoms with Gasteiger partial charge in [-0.3, -0.25) is 9.00 Å². The molecule has 0 aliphatic rings. The van der Waals surface area contributed by atoms with Gasteiger partial charge >= 0.3 is 0 Å². The summed E-state index contributed by atoms with van der Waals surface area (Å²) in [5.41, 5.74) is 2.96. The first-order valence-electron chi connectivity index (χ1n) is 5.71. The zero-order chi connectivity index (χ0) is 13.7. The molecule has 1 aromatic heterocycles. The molecule has 2 atom stereocenters. The van der Waals surface area contributed by atoms with E-state index < -0.39 is 10.8 Å². The third-order valence-electron chi connectivity index (χ3n) is 2.57. The fourth-order valence-electron chi connectivity index (χ4n) is 1.70. The molecule has 0 spiro atoms. The maximum absolute atomic E-state index is 12.0. The summed E-state index contributed by atoms with van der Waals surface area (Å²) in [5, 5.41) is 4.57. The molecule has 0 aliphatic heterocycles. The van der Waals surface area contributed by atoms with Crippen LogP contribution in [0.1, 0.15) is 22.1 Å². The number of carbonyl (C=O) groups is 1.